The van der Waals surface area contributed by atoms with Crippen LogP contribution in [0.25, 0.3) is 16.8 Å². The molecule has 0 aliphatic heterocycles. The Balaban J connectivity index is 0.00000247. The summed E-state index contributed by atoms with van der Waals surface area (Å²) in [7, 11) is 1.83. The lowest BCUT2D eigenvalue weighted by Gasteiger charge is -2.19. The van der Waals surface area contributed by atoms with Crippen LogP contribution >= 0.6 is 0 Å². The molecular weight excluding hydrogens is 474 g/mol. The van der Waals surface area contributed by atoms with Crippen LogP contribution in [0.15, 0.2) is 84.3 Å². The minimum absolute atomic E-state index is 0.411. The third kappa shape index (κ3) is 8.06. The molecule has 0 unspecified atom stereocenters. The van der Waals surface area contributed by atoms with Crippen LogP contribution in [-0.4, -0.2) is 35.7 Å². The molecule has 0 spiro atoms. The summed E-state index contributed by atoms with van der Waals surface area (Å²) in [5, 5.41) is 14.3. The molecule has 0 saturated carbocycles. The first-order valence-corrected chi connectivity index (χ1v) is 12.5. The lowest BCUT2D eigenvalue weighted by atomic mass is 10.0. The molecule has 200 valence electrons. The van der Waals surface area contributed by atoms with Gasteiger partial charge >= 0.3 is 6.09 Å². The van der Waals surface area contributed by atoms with Gasteiger partial charge in [-0.15, -0.1) is 0 Å². The van der Waals surface area contributed by atoms with E-state index in [2.05, 4.69) is 28.9 Å². The van der Waals surface area contributed by atoms with Gasteiger partial charge in [0, 0.05) is 53.4 Å². The molecule has 0 aliphatic carbocycles. The molecule has 3 aromatic rings. The molecule has 3 N–H and O–H groups in total. The van der Waals surface area contributed by atoms with Crippen molar-refractivity contribution in [1.82, 2.24) is 4.57 Å². The fraction of sp³-hybridized carbons (Fsp3) is 0.258. The Labute approximate surface area is 226 Å². The number of ether oxygens (including phenoxy) is 1. The Kier molecular flexibility index (Phi) is 10.4. The number of rotatable bonds is 8. The van der Waals surface area contributed by atoms with E-state index in [1.165, 1.54) is 4.57 Å². The van der Waals surface area contributed by atoms with Crippen LogP contribution in [0, 0.1) is 5.41 Å². The number of nitrogens with zero attached hydrogens (tertiary/aromatic N) is 2. The first kappa shape index (κ1) is 29.8. The molecule has 0 aliphatic rings. The van der Waals surface area contributed by atoms with Crippen LogP contribution in [0.2, 0.25) is 0 Å². The van der Waals surface area contributed by atoms with Crippen LogP contribution < -0.4 is 10.6 Å². The largest absolute Gasteiger partial charge is 0.443 e. The number of allylic oxidation sites excluding steroid dienone is 1. The molecule has 0 fully saturated rings. The van der Waals surface area contributed by atoms with E-state index in [1.807, 2.05) is 96.3 Å². The first-order valence-electron chi connectivity index (χ1n) is 12.5. The normalized spacial score (nSPS) is 11.1. The lowest BCUT2D eigenvalue weighted by molar-refractivity contribution is 0.0537. The molecule has 0 atom stereocenters. The quantitative estimate of drug-likeness (QED) is 0.210. The van der Waals surface area contributed by atoms with Gasteiger partial charge in [0.1, 0.15) is 5.60 Å². The van der Waals surface area contributed by atoms with E-state index in [4.69, 9.17) is 10.1 Å². The van der Waals surface area contributed by atoms with Gasteiger partial charge in [-0.25, -0.2) is 4.79 Å². The Morgan fingerprint density at radius 3 is 2.29 bits per heavy atom. The monoisotopic (exact) mass is 513 g/mol. The van der Waals surface area contributed by atoms with Crippen molar-refractivity contribution in [3.05, 3.63) is 90.4 Å². The maximum atomic E-state index is 12.3. The van der Waals surface area contributed by atoms with Gasteiger partial charge in [-0.2, -0.15) is 0 Å². The van der Waals surface area contributed by atoms with Crippen molar-refractivity contribution in [2.75, 3.05) is 17.7 Å². The summed E-state index contributed by atoms with van der Waals surface area (Å²) in [5.41, 5.74) is 6.55. The summed E-state index contributed by atoms with van der Waals surface area (Å²) >= 11 is 0. The van der Waals surface area contributed by atoms with Crippen molar-refractivity contribution in [1.29, 1.82) is 5.41 Å². The van der Waals surface area contributed by atoms with Crippen molar-refractivity contribution in [2.24, 2.45) is 4.99 Å². The molecule has 0 amide bonds. The molecule has 1 heterocycles. The average molecular weight is 514 g/mol. The maximum absolute atomic E-state index is 12.3. The maximum Gasteiger partial charge on any atom is 0.418 e. The highest BCUT2D eigenvalue weighted by atomic mass is 16.6. The number of nitrogens with one attached hydrogen (secondary N) is 3. The molecular formula is C31H39N5O2. The zero-order chi connectivity index (χ0) is 28.5. The molecule has 1 aromatic heterocycles. The third-order valence-electron chi connectivity index (χ3n) is 5.29. The van der Waals surface area contributed by atoms with E-state index < -0.39 is 11.7 Å². The molecule has 2 aromatic carbocycles. The predicted octanol–water partition coefficient (Wildman–Crippen LogP) is 8.06. The fourth-order valence-electron chi connectivity index (χ4n) is 3.59. The van der Waals surface area contributed by atoms with Crippen molar-refractivity contribution in [3.8, 4) is 11.1 Å². The molecule has 0 saturated heterocycles. The van der Waals surface area contributed by atoms with Gasteiger partial charge < -0.3 is 20.8 Å². The number of benzene rings is 2. The second kappa shape index (κ2) is 13.2. The van der Waals surface area contributed by atoms with Crippen LogP contribution in [0.5, 0.6) is 0 Å². The Hall–Kier alpha value is -4.39. The van der Waals surface area contributed by atoms with Gasteiger partial charge in [0.2, 0.25) is 0 Å². The van der Waals surface area contributed by atoms with Crippen LogP contribution in [0.3, 0.4) is 0 Å². The number of hydrogen-bond acceptors (Lipinski definition) is 6. The number of carbonyl (C=O) groups is 1. The lowest BCUT2D eigenvalue weighted by Crippen LogP contribution is -2.26. The van der Waals surface area contributed by atoms with Gasteiger partial charge in [0.05, 0.1) is 5.70 Å². The number of aromatic nitrogens is 1. The smallest absolute Gasteiger partial charge is 0.418 e. The minimum Gasteiger partial charge on any atom is -0.443 e. The Bertz CT molecular complexity index is 1330. The SMILES string of the molecule is C=N/C(=C\C(=C)Nc1ccc(-c2ccn(C(=O)OC(C)(C)C)c2)cc1)c1ccc(C(C)=N)c(NC)c1.CC. The van der Waals surface area contributed by atoms with Gasteiger partial charge in [-0.1, -0.05) is 44.7 Å². The number of anilines is 2. The fourth-order valence-corrected chi connectivity index (χ4v) is 3.59. The highest BCUT2D eigenvalue weighted by molar-refractivity contribution is 6.02. The topological polar surface area (TPSA) is 91.5 Å². The van der Waals surface area contributed by atoms with E-state index >= 15 is 0 Å². The standard InChI is InChI=1S/C29H33N5O2.C2H6/c1-19(16-26(31-6)22-10-13-25(20(2)30)27(17-22)32-7)33-24-11-8-21(9-12-24)23-14-15-34(18-23)28(35)36-29(3,4)5;1-2/h8-18,30,32-33H,1,6H2,2-5,7H3;1-2H3/b26-16-,30-20?;. The van der Waals surface area contributed by atoms with Crippen molar-refractivity contribution in [2.45, 2.75) is 47.1 Å². The summed E-state index contributed by atoms with van der Waals surface area (Å²) in [5.74, 6) is 0. The summed E-state index contributed by atoms with van der Waals surface area (Å²) in [6, 6.07) is 15.5. The predicted molar refractivity (Wildman–Crippen MR) is 162 cm³/mol. The van der Waals surface area contributed by atoms with E-state index in [9.17, 15) is 4.79 Å². The number of carbonyl (C=O) groups excluding carboxylic acids is 1. The molecule has 38 heavy (non-hydrogen) atoms. The number of hydrogen-bond donors (Lipinski definition) is 3. The average Bonchev–Trinajstić information content (AvgIpc) is 3.38. The Morgan fingerprint density at radius 1 is 1.08 bits per heavy atom. The highest BCUT2D eigenvalue weighted by Gasteiger charge is 2.17. The summed E-state index contributed by atoms with van der Waals surface area (Å²) in [6.07, 6.45) is 4.87. The van der Waals surface area contributed by atoms with E-state index in [0.717, 1.165) is 33.6 Å². The Morgan fingerprint density at radius 2 is 1.74 bits per heavy atom. The van der Waals surface area contributed by atoms with Crippen LogP contribution in [-0.2, 0) is 4.74 Å². The van der Waals surface area contributed by atoms with Crippen LogP contribution in [0.1, 0.15) is 52.7 Å². The van der Waals surface area contributed by atoms with Crippen molar-refractivity contribution in [3.63, 3.8) is 0 Å². The van der Waals surface area contributed by atoms with E-state index in [-0.39, 0.29) is 0 Å². The second-order valence-electron chi connectivity index (χ2n) is 9.34. The van der Waals surface area contributed by atoms with Gasteiger partial charge in [0.25, 0.3) is 0 Å². The molecule has 0 bridgehead atoms. The zero-order valence-electron chi connectivity index (χ0n) is 23.5. The van der Waals surface area contributed by atoms with Crippen molar-refractivity contribution >= 4 is 35.6 Å². The zero-order valence-corrected chi connectivity index (χ0v) is 23.5. The molecule has 7 nitrogen and oxygen atoms in total. The van der Waals surface area contributed by atoms with Gasteiger partial charge in [-0.3, -0.25) is 9.56 Å². The molecule has 7 heteroatoms. The van der Waals surface area contributed by atoms with E-state index in [0.29, 0.717) is 17.1 Å². The van der Waals surface area contributed by atoms with Crippen molar-refractivity contribution < 1.29 is 9.53 Å². The molecule has 3 rings (SSSR count). The summed E-state index contributed by atoms with van der Waals surface area (Å²) < 4.78 is 6.85. The van der Waals surface area contributed by atoms with Crippen LogP contribution in [0.4, 0.5) is 16.2 Å². The molecule has 0 radical (unpaired) electrons. The van der Waals surface area contributed by atoms with Gasteiger partial charge in [-0.05, 0) is 75.9 Å². The minimum atomic E-state index is -0.551. The third-order valence-corrected chi connectivity index (χ3v) is 5.29. The van der Waals surface area contributed by atoms with Gasteiger partial charge in [0.15, 0.2) is 0 Å². The summed E-state index contributed by atoms with van der Waals surface area (Å²) in [4.78, 5) is 16.4. The highest BCUT2D eigenvalue weighted by Crippen LogP contribution is 2.26. The second-order valence-corrected chi connectivity index (χ2v) is 9.34. The number of aliphatic imine (C=N–C) groups is 1. The van der Waals surface area contributed by atoms with E-state index in [1.54, 1.807) is 19.3 Å². The summed E-state index contributed by atoms with van der Waals surface area (Å²) in [6.45, 7) is 19.1. The first-order chi connectivity index (χ1) is 18.0.